The fourth-order valence-corrected chi connectivity index (χ4v) is 0.834. The Labute approximate surface area is 82.6 Å². The molecule has 0 saturated heterocycles. The zero-order chi connectivity index (χ0) is 11.0. The van der Waals surface area contributed by atoms with Crippen molar-refractivity contribution >= 4 is 12.4 Å². The number of carboxylic acid groups (broad SMARTS) is 1. The van der Waals surface area contributed by atoms with Crippen molar-refractivity contribution in [1.82, 2.24) is 5.32 Å². The zero-order valence-corrected chi connectivity index (χ0v) is 7.77. The van der Waals surface area contributed by atoms with Gasteiger partial charge >= 0.3 is 5.97 Å². The Morgan fingerprint density at radius 1 is 1.57 bits per heavy atom. The Balaban J connectivity index is 4.22. The van der Waals surface area contributed by atoms with E-state index in [2.05, 4.69) is 18.5 Å². The Morgan fingerprint density at radius 3 is 2.64 bits per heavy atom. The third-order valence-corrected chi connectivity index (χ3v) is 1.50. The monoisotopic (exact) mass is 195 g/mol. The highest BCUT2D eigenvalue weighted by molar-refractivity contribution is 5.76. The van der Waals surface area contributed by atoms with E-state index in [0.29, 0.717) is 12.0 Å². The molecule has 76 valence electrons. The molecule has 0 rings (SSSR count). The number of amides is 1. The molecule has 4 heteroatoms. The minimum absolute atomic E-state index is 0.179. The van der Waals surface area contributed by atoms with Gasteiger partial charge in [-0.2, -0.15) is 0 Å². The maximum absolute atomic E-state index is 10.6. The van der Waals surface area contributed by atoms with Gasteiger partial charge in [-0.05, 0) is 0 Å². The van der Waals surface area contributed by atoms with Gasteiger partial charge in [0.25, 0.3) is 0 Å². The van der Waals surface area contributed by atoms with Crippen molar-refractivity contribution in [1.29, 1.82) is 0 Å². The Bertz CT molecular complexity index is 269. The molecule has 0 fully saturated rings. The van der Waals surface area contributed by atoms with Gasteiger partial charge in [0.15, 0.2) is 0 Å². The van der Waals surface area contributed by atoms with E-state index in [1.807, 2.05) is 0 Å². The fraction of sp³-hybridized carbons (Fsp3) is 0.200. The van der Waals surface area contributed by atoms with Crippen molar-refractivity contribution in [2.24, 2.45) is 0 Å². The van der Waals surface area contributed by atoms with E-state index in [9.17, 15) is 9.59 Å². The molecule has 0 bridgehead atoms. The summed E-state index contributed by atoms with van der Waals surface area (Å²) in [5, 5.41) is 10.9. The summed E-state index contributed by atoms with van der Waals surface area (Å²) < 4.78 is 0. The molecule has 1 atom stereocenters. The molecule has 0 aromatic heterocycles. The van der Waals surface area contributed by atoms with Crippen LogP contribution in [0.5, 0.6) is 0 Å². The smallest absolute Gasteiger partial charge is 0.326 e. The molecule has 0 aromatic carbocycles. The normalized spacial score (nSPS) is 12.0. The van der Waals surface area contributed by atoms with E-state index in [-0.39, 0.29) is 6.42 Å². The molecule has 4 nitrogen and oxygen atoms in total. The molecular formula is C10H13NO3. The predicted molar refractivity (Wildman–Crippen MR) is 53.7 cm³/mol. The summed E-state index contributed by atoms with van der Waals surface area (Å²) >= 11 is 0. The van der Waals surface area contributed by atoms with E-state index in [1.165, 1.54) is 0 Å². The van der Waals surface area contributed by atoms with E-state index < -0.39 is 12.0 Å². The lowest BCUT2D eigenvalue weighted by Crippen LogP contribution is -2.35. The predicted octanol–water partition coefficient (Wildman–Crippen LogP) is 0.874. The van der Waals surface area contributed by atoms with Crippen molar-refractivity contribution < 1.29 is 14.7 Å². The van der Waals surface area contributed by atoms with Crippen molar-refractivity contribution in [3.05, 3.63) is 37.0 Å². The largest absolute Gasteiger partial charge is 0.480 e. The number of rotatable bonds is 7. The van der Waals surface area contributed by atoms with E-state index in [1.54, 1.807) is 18.2 Å². The van der Waals surface area contributed by atoms with Crippen LogP contribution in [0.4, 0.5) is 0 Å². The molecule has 2 N–H and O–H groups in total. The number of carbonyl (C=O) groups excluding carboxylic acids is 1. The highest BCUT2D eigenvalue weighted by Crippen LogP contribution is 2.04. The SMILES string of the molecule is C=C/C=C\C(=C)CC(NC=O)C(=O)O. The first-order valence-corrected chi connectivity index (χ1v) is 4.01. The van der Waals surface area contributed by atoms with Gasteiger partial charge in [-0.3, -0.25) is 4.79 Å². The van der Waals surface area contributed by atoms with E-state index in [0.717, 1.165) is 0 Å². The molecule has 0 radical (unpaired) electrons. The number of hydrogen-bond donors (Lipinski definition) is 2. The molecule has 0 aromatic rings. The van der Waals surface area contributed by atoms with Crippen LogP contribution in [0.1, 0.15) is 6.42 Å². The maximum Gasteiger partial charge on any atom is 0.326 e. The van der Waals surface area contributed by atoms with Gasteiger partial charge in [-0.1, -0.05) is 37.0 Å². The third kappa shape index (κ3) is 4.92. The van der Waals surface area contributed by atoms with Gasteiger partial charge in [-0.15, -0.1) is 0 Å². The summed E-state index contributed by atoms with van der Waals surface area (Å²) in [6.07, 6.45) is 5.41. The van der Waals surface area contributed by atoms with Crippen LogP contribution >= 0.6 is 0 Å². The quantitative estimate of drug-likeness (QED) is 0.468. The average Bonchev–Trinajstić information content (AvgIpc) is 2.14. The molecule has 0 spiro atoms. The molecule has 14 heavy (non-hydrogen) atoms. The fourth-order valence-electron chi connectivity index (χ4n) is 0.834. The van der Waals surface area contributed by atoms with Gasteiger partial charge in [0.05, 0.1) is 0 Å². The molecule has 1 unspecified atom stereocenters. The van der Waals surface area contributed by atoms with Crippen LogP contribution in [0.15, 0.2) is 37.0 Å². The number of allylic oxidation sites excluding steroid dienone is 3. The summed E-state index contributed by atoms with van der Waals surface area (Å²) in [4.78, 5) is 20.7. The standard InChI is InChI=1S/C10H13NO3/c1-3-4-5-8(2)6-9(10(13)14)11-7-12/h3-5,7,9H,1-2,6H2,(H,11,12)(H,13,14)/b5-4-. The average molecular weight is 195 g/mol. The number of aliphatic carboxylic acids is 1. The lowest BCUT2D eigenvalue weighted by molar-refractivity contribution is -0.140. The highest BCUT2D eigenvalue weighted by atomic mass is 16.4. The van der Waals surface area contributed by atoms with Crippen molar-refractivity contribution in [3.63, 3.8) is 0 Å². The van der Waals surface area contributed by atoms with Crippen LogP contribution < -0.4 is 5.32 Å². The molecule has 0 aliphatic rings. The third-order valence-electron chi connectivity index (χ3n) is 1.50. The maximum atomic E-state index is 10.6. The molecule has 0 aliphatic heterocycles. The molecular weight excluding hydrogens is 182 g/mol. The summed E-state index contributed by atoms with van der Waals surface area (Å²) in [7, 11) is 0. The minimum Gasteiger partial charge on any atom is -0.480 e. The molecule has 0 aliphatic carbocycles. The number of nitrogens with one attached hydrogen (secondary N) is 1. The van der Waals surface area contributed by atoms with Crippen LogP contribution in [0, 0.1) is 0 Å². The first kappa shape index (κ1) is 12.2. The first-order chi connectivity index (χ1) is 6.61. The number of hydrogen-bond acceptors (Lipinski definition) is 2. The van der Waals surface area contributed by atoms with Crippen LogP contribution in [0.3, 0.4) is 0 Å². The first-order valence-electron chi connectivity index (χ1n) is 4.01. The van der Waals surface area contributed by atoms with Crippen LogP contribution in [-0.2, 0) is 9.59 Å². The van der Waals surface area contributed by atoms with Crippen LogP contribution in [-0.4, -0.2) is 23.5 Å². The number of carbonyl (C=O) groups is 2. The van der Waals surface area contributed by atoms with Gasteiger partial charge in [0.1, 0.15) is 6.04 Å². The van der Waals surface area contributed by atoms with Crippen molar-refractivity contribution in [3.8, 4) is 0 Å². The topological polar surface area (TPSA) is 66.4 Å². The Hall–Kier alpha value is -1.84. The van der Waals surface area contributed by atoms with Crippen molar-refractivity contribution in [2.45, 2.75) is 12.5 Å². The minimum atomic E-state index is -1.08. The summed E-state index contributed by atoms with van der Waals surface area (Å²) in [6.45, 7) is 7.11. The molecule has 1 amide bonds. The Morgan fingerprint density at radius 2 is 2.21 bits per heavy atom. The second kappa shape index (κ2) is 6.65. The Kier molecular flexibility index (Phi) is 5.78. The second-order valence-corrected chi connectivity index (χ2v) is 2.63. The summed E-state index contributed by atoms with van der Waals surface area (Å²) in [6, 6.07) is -0.922. The van der Waals surface area contributed by atoms with Gasteiger partial charge in [0, 0.05) is 6.42 Å². The van der Waals surface area contributed by atoms with Gasteiger partial charge < -0.3 is 10.4 Å². The highest BCUT2D eigenvalue weighted by Gasteiger charge is 2.15. The van der Waals surface area contributed by atoms with Crippen LogP contribution in [0.25, 0.3) is 0 Å². The summed E-state index contributed by atoms with van der Waals surface area (Å²) in [5.74, 6) is -1.08. The molecule has 0 saturated carbocycles. The van der Waals surface area contributed by atoms with Gasteiger partial charge in [0.2, 0.25) is 6.41 Å². The lowest BCUT2D eigenvalue weighted by atomic mass is 10.1. The van der Waals surface area contributed by atoms with E-state index >= 15 is 0 Å². The van der Waals surface area contributed by atoms with E-state index in [4.69, 9.17) is 5.11 Å². The molecule has 0 heterocycles. The van der Waals surface area contributed by atoms with Crippen LogP contribution in [0.2, 0.25) is 0 Å². The lowest BCUT2D eigenvalue weighted by Gasteiger charge is -2.10. The number of carboxylic acids is 1. The zero-order valence-electron chi connectivity index (χ0n) is 7.77. The second-order valence-electron chi connectivity index (χ2n) is 2.63. The van der Waals surface area contributed by atoms with Gasteiger partial charge in [-0.25, -0.2) is 4.79 Å². The summed E-state index contributed by atoms with van der Waals surface area (Å²) in [5.41, 5.74) is 0.617. The van der Waals surface area contributed by atoms with Crippen molar-refractivity contribution in [2.75, 3.05) is 0 Å².